The summed E-state index contributed by atoms with van der Waals surface area (Å²) in [4.78, 5) is 2.54. The smallest absolute Gasteiger partial charge is 0.118 e. The number of likely N-dealkylation sites (tertiary alicyclic amines) is 1. The predicted molar refractivity (Wildman–Crippen MR) is 88.3 cm³/mol. The molecule has 0 atom stereocenters. The summed E-state index contributed by atoms with van der Waals surface area (Å²) in [6.07, 6.45) is 4.03. The topological polar surface area (TPSA) is 28.4 Å². The molecule has 2 rings (SSSR count). The lowest BCUT2D eigenvalue weighted by Crippen LogP contribution is -2.32. The lowest BCUT2D eigenvalue weighted by Gasteiger charge is -2.30. The second-order valence-electron chi connectivity index (χ2n) is 6.95. The first kappa shape index (κ1) is 16.6. The molecule has 0 radical (unpaired) electrons. The Morgan fingerprint density at radius 3 is 2.67 bits per heavy atom. The van der Waals surface area contributed by atoms with Crippen molar-refractivity contribution in [3.63, 3.8) is 0 Å². The summed E-state index contributed by atoms with van der Waals surface area (Å²) in [5.74, 6) is 3.83. The van der Waals surface area contributed by atoms with E-state index < -0.39 is 0 Å². The predicted octanol–water partition coefficient (Wildman–Crippen LogP) is 3.96. The fourth-order valence-electron chi connectivity index (χ4n) is 3.11. The van der Waals surface area contributed by atoms with E-state index in [1.807, 2.05) is 0 Å². The molecule has 3 nitrogen and oxygen atoms in total. The number of rotatable bonds is 7. The van der Waals surface area contributed by atoms with Crippen molar-refractivity contribution in [1.29, 1.82) is 0 Å². The van der Waals surface area contributed by atoms with Gasteiger partial charge < -0.3 is 9.73 Å². The van der Waals surface area contributed by atoms with Crippen LogP contribution in [0.15, 0.2) is 10.5 Å². The summed E-state index contributed by atoms with van der Waals surface area (Å²) in [6.45, 7) is 14.3. The van der Waals surface area contributed by atoms with Gasteiger partial charge in [0, 0.05) is 12.1 Å². The van der Waals surface area contributed by atoms with Gasteiger partial charge >= 0.3 is 0 Å². The van der Waals surface area contributed by atoms with Gasteiger partial charge in [-0.1, -0.05) is 27.2 Å². The molecule has 120 valence electrons. The first-order valence-electron chi connectivity index (χ1n) is 8.59. The van der Waals surface area contributed by atoms with Crippen LogP contribution in [0.5, 0.6) is 0 Å². The fourth-order valence-corrected chi connectivity index (χ4v) is 3.11. The second kappa shape index (κ2) is 8.00. The van der Waals surface area contributed by atoms with Gasteiger partial charge in [-0.2, -0.15) is 0 Å². The number of hydrogen-bond acceptors (Lipinski definition) is 3. The van der Waals surface area contributed by atoms with Crippen LogP contribution >= 0.6 is 0 Å². The standard InChI is InChI=1S/C18H32N2O/c1-5-16-6-8-20(9-7-16)13-18-10-17(15(4)21-18)12-19-11-14(2)3/h10,14,16,19H,5-9,11-13H2,1-4H3. The monoisotopic (exact) mass is 292 g/mol. The van der Waals surface area contributed by atoms with E-state index >= 15 is 0 Å². The highest BCUT2D eigenvalue weighted by Crippen LogP contribution is 2.23. The molecule has 1 fully saturated rings. The first-order chi connectivity index (χ1) is 10.1. The van der Waals surface area contributed by atoms with E-state index in [-0.39, 0.29) is 0 Å². The van der Waals surface area contributed by atoms with Gasteiger partial charge in [0.25, 0.3) is 0 Å². The third kappa shape index (κ3) is 5.15. The minimum Gasteiger partial charge on any atom is -0.465 e. The highest BCUT2D eigenvalue weighted by molar-refractivity contribution is 5.20. The average Bonchev–Trinajstić information content (AvgIpc) is 2.79. The number of nitrogens with one attached hydrogen (secondary N) is 1. The van der Waals surface area contributed by atoms with Gasteiger partial charge in [-0.15, -0.1) is 0 Å². The lowest BCUT2D eigenvalue weighted by atomic mass is 9.94. The Morgan fingerprint density at radius 1 is 1.33 bits per heavy atom. The SMILES string of the molecule is CCC1CCN(Cc2cc(CNCC(C)C)c(C)o2)CC1. The van der Waals surface area contributed by atoms with E-state index in [2.05, 4.69) is 44.0 Å². The highest BCUT2D eigenvalue weighted by Gasteiger charge is 2.19. The van der Waals surface area contributed by atoms with Crippen molar-refractivity contribution in [2.45, 2.75) is 60.0 Å². The summed E-state index contributed by atoms with van der Waals surface area (Å²) in [5.41, 5.74) is 1.31. The highest BCUT2D eigenvalue weighted by atomic mass is 16.3. The minimum atomic E-state index is 0.691. The Labute approximate surface area is 130 Å². The number of furan rings is 1. The number of piperidine rings is 1. The Morgan fingerprint density at radius 2 is 2.05 bits per heavy atom. The molecule has 0 aromatic carbocycles. The number of aryl methyl sites for hydroxylation is 1. The van der Waals surface area contributed by atoms with Gasteiger partial charge in [0.1, 0.15) is 11.5 Å². The Kier molecular flexibility index (Phi) is 6.31. The van der Waals surface area contributed by atoms with Crippen LogP contribution in [0.2, 0.25) is 0 Å². The van der Waals surface area contributed by atoms with E-state index in [9.17, 15) is 0 Å². The van der Waals surface area contributed by atoms with Crippen molar-refractivity contribution in [3.8, 4) is 0 Å². The largest absolute Gasteiger partial charge is 0.465 e. The van der Waals surface area contributed by atoms with Crippen LogP contribution in [0.4, 0.5) is 0 Å². The molecule has 21 heavy (non-hydrogen) atoms. The molecule has 1 saturated heterocycles. The van der Waals surface area contributed by atoms with Crippen molar-refractivity contribution in [3.05, 3.63) is 23.2 Å². The summed E-state index contributed by atoms with van der Waals surface area (Å²) in [7, 11) is 0. The maximum absolute atomic E-state index is 5.95. The quantitative estimate of drug-likeness (QED) is 0.824. The van der Waals surface area contributed by atoms with Crippen LogP contribution < -0.4 is 5.32 Å². The summed E-state index contributed by atoms with van der Waals surface area (Å²) in [6, 6.07) is 2.24. The molecule has 1 aromatic heterocycles. The maximum Gasteiger partial charge on any atom is 0.118 e. The van der Waals surface area contributed by atoms with Crippen molar-refractivity contribution in [2.75, 3.05) is 19.6 Å². The van der Waals surface area contributed by atoms with E-state index in [1.165, 1.54) is 37.9 Å². The Hall–Kier alpha value is -0.800. The number of nitrogens with zero attached hydrogens (tertiary/aromatic N) is 1. The maximum atomic E-state index is 5.95. The van der Waals surface area contributed by atoms with E-state index in [1.54, 1.807) is 0 Å². The lowest BCUT2D eigenvalue weighted by molar-refractivity contribution is 0.164. The van der Waals surface area contributed by atoms with Gasteiger partial charge in [-0.3, -0.25) is 4.90 Å². The van der Waals surface area contributed by atoms with Gasteiger partial charge in [0.05, 0.1) is 6.54 Å². The zero-order chi connectivity index (χ0) is 15.2. The molecule has 3 heteroatoms. The molecule has 0 amide bonds. The van der Waals surface area contributed by atoms with Crippen LogP contribution in [-0.2, 0) is 13.1 Å². The zero-order valence-corrected chi connectivity index (χ0v) is 14.2. The molecule has 0 aliphatic carbocycles. The molecule has 0 unspecified atom stereocenters. The van der Waals surface area contributed by atoms with Gasteiger partial charge in [-0.25, -0.2) is 0 Å². The second-order valence-corrected chi connectivity index (χ2v) is 6.95. The van der Waals surface area contributed by atoms with Crippen LogP contribution in [-0.4, -0.2) is 24.5 Å². The van der Waals surface area contributed by atoms with Crippen molar-refractivity contribution in [1.82, 2.24) is 10.2 Å². The van der Waals surface area contributed by atoms with E-state index in [4.69, 9.17) is 4.42 Å². The molecule has 0 saturated carbocycles. The van der Waals surface area contributed by atoms with Gasteiger partial charge in [0.2, 0.25) is 0 Å². The third-order valence-corrected chi connectivity index (χ3v) is 4.60. The first-order valence-corrected chi connectivity index (χ1v) is 8.59. The van der Waals surface area contributed by atoms with Crippen LogP contribution in [0.25, 0.3) is 0 Å². The molecule has 1 aliphatic rings. The molecule has 2 heterocycles. The minimum absolute atomic E-state index is 0.691. The van der Waals surface area contributed by atoms with Crippen LogP contribution in [0.3, 0.4) is 0 Å². The molecule has 1 N–H and O–H groups in total. The molecule has 0 spiro atoms. The Balaban J connectivity index is 1.81. The van der Waals surface area contributed by atoms with E-state index in [0.29, 0.717) is 5.92 Å². The molecular weight excluding hydrogens is 260 g/mol. The molecule has 1 aromatic rings. The normalized spacial score (nSPS) is 17.8. The average molecular weight is 292 g/mol. The fraction of sp³-hybridized carbons (Fsp3) is 0.778. The summed E-state index contributed by atoms with van der Waals surface area (Å²) >= 11 is 0. The Bertz CT molecular complexity index is 417. The van der Waals surface area contributed by atoms with Crippen molar-refractivity contribution in [2.24, 2.45) is 11.8 Å². The van der Waals surface area contributed by atoms with E-state index in [0.717, 1.165) is 37.1 Å². The van der Waals surface area contributed by atoms with Gasteiger partial charge in [-0.05, 0) is 57.3 Å². The van der Waals surface area contributed by atoms with Gasteiger partial charge in [0.15, 0.2) is 0 Å². The van der Waals surface area contributed by atoms with Crippen LogP contribution in [0, 0.1) is 18.8 Å². The van der Waals surface area contributed by atoms with Crippen molar-refractivity contribution >= 4 is 0 Å². The molecular formula is C18H32N2O. The molecule has 1 aliphatic heterocycles. The third-order valence-electron chi connectivity index (χ3n) is 4.60. The van der Waals surface area contributed by atoms with Crippen LogP contribution in [0.1, 0.15) is 57.1 Å². The molecule has 0 bridgehead atoms. The van der Waals surface area contributed by atoms with Crippen molar-refractivity contribution < 1.29 is 4.42 Å². The number of hydrogen-bond donors (Lipinski definition) is 1. The summed E-state index contributed by atoms with van der Waals surface area (Å²) < 4.78 is 5.95. The zero-order valence-electron chi connectivity index (χ0n) is 14.2. The summed E-state index contributed by atoms with van der Waals surface area (Å²) in [5, 5.41) is 3.50.